The van der Waals surface area contributed by atoms with Crippen molar-refractivity contribution in [2.24, 2.45) is 81.4 Å². The van der Waals surface area contributed by atoms with E-state index in [-0.39, 0.29) is 139 Å². The van der Waals surface area contributed by atoms with Gasteiger partial charge in [0.1, 0.15) is 102 Å². The summed E-state index contributed by atoms with van der Waals surface area (Å²) in [5.41, 5.74) is 44.9. The Bertz CT molecular complexity index is 4560. The van der Waals surface area contributed by atoms with E-state index in [4.69, 9.17) is 56.7 Å². The van der Waals surface area contributed by atoms with E-state index >= 15 is 4.79 Å². The highest BCUT2D eigenvalue weighted by Gasteiger charge is 2.41. The van der Waals surface area contributed by atoms with Gasteiger partial charge in [0.25, 0.3) is 0 Å². The van der Waals surface area contributed by atoms with Crippen LogP contribution in [0.2, 0.25) is 0 Å². The molecule has 0 radical (unpaired) electrons. The van der Waals surface area contributed by atoms with E-state index in [9.17, 15) is 116 Å². The van der Waals surface area contributed by atoms with Crippen molar-refractivity contribution >= 4 is 142 Å². The number of rotatable bonds is 72. The topological polar surface area (TPSA) is 909 Å². The number of hydrogen-bond donors (Lipinski definition) is 31. The smallest absolute Gasteiger partial charge is 0.305 e. The summed E-state index contributed by atoms with van der Waals surface area (Å²) in [6.45, 7) is 22.6. The van der Waals surface area contributed by atoms with Gasteiger partial charge in [-0.3, -0.25) is 116 Å². The molecule has 0 heterocycles. The molecule has 53 nitrogen and oxygen atoms in total. The molecule has 0 fully saturated rings. The summed E-state index contributed by atoms with van der Waals surface area (Å²) in [4.78, 5) is 302. The molecular weight excluding hydrogens is 1900 g/mol. The monoisotopic (exact) mass is 2060 g/mol. The number of carbonyl (C=O) groups excluding carboxylic acids is 20. The second-order valence-corrected chi connectivity index (χ2v) is 38.0. The molecule has 1 aromatic rings. The van der Waals surface area contributed by atoms with Crippen LogP contribution in [0, 0.1) is 46.3 Å². The third-order valence-electron chi connectivity index (χ3n) is 22.7. The number of phenols is 1. The molecule has 0 bridgehead atoms. The molecule has 53 heteroatoms. The molecule has 0 aliphatic rings. The van der Waals surface area contributed by atoms with Gasteiger partial charge in [-0.25, -0.2) is 0 Å². The van der Waals surface area contributed by atoms with Crippen LogP contribution in [-0.4, -0.2) is 280 Å². The second kappa shape index (κ2) is 66.6. The zero-order valence-corrected chi connectivity index (χ0v) is 85.2. The van der Waals surface area contributed by atoms with E-state index in [2.05, 4.69) is 95.7 Å². The van der Waals surface area contributed by atoms with Crippen molar-refractivity contribution in [2.45, 2.75) is 341 Å². The molecule has 0 saturated carbocycles. The van der Waals surface area contributed by atoms with Gasteiger partial charge in [0.2, 0.25) is 118 Å². The van der Waals surface area contributed by atoms with Crippen LogP contribution in [-0.2, 0) is 112 Å². The molecule has 0 aliphatic heterocycles. The normalized spacial score (nSPS) is 14.9. The van der Waals surface area contributed by atoms with Crippen LogP contribution in [0.5, 0.6) is 5.75 Å². The van der Waals surface area contributed by atoms with Crippen LogP contribution in [0.4, 0.5) is 0 Å². The van der Waals surface area contributed by atoms with Gasteiger partial charge in [-0.2, -0.15) is 0 Å². The average Bonchev–Trinajstić information content (AvgIpc) is 0.843. The number of carbonyl (C=O) groups is 22. The maximum Gasteiger partial charge on any atom is 0.305 e. The minimum Gasteiger partial charge on any atom is -0.508 e. The summed E-state index contributed by atoms with van der Waals surface area (Å²) >= 11 is 0. The van der Waals surface area contributed by atoms with Gasteiger partial charge in [-0.1, -0.05) is 102 Å². The average molecular weight is 2060 g/mol. The van der Waals surface area contributed by atoms with Gasteiger partial charge in [0, 0.05) is 45.2 Å². The Morgan fingerprint density at radius 3 is 0.993 bits per heavy atom. The maximum absolute atomic E-state index is 15.1. The fraction of sp³-hybridized carbons (Fsp3) is 0.674. The van der Waals surface area contributed by atoms with Gasteiger partial charge >= 0.3 is 11.9 Å². The molecule has 0 aromatic heterocycles. The van der Waals surface area contributed by atoms with Gasteiger partial charge in [-0.15, -0.1) is 0 Å². The summed E-state index contributed by atoms with van der Waals surface area (Å²) < 4.78 is 0. The third kappa shape index (κ3) is 52.6. The minimum absolute atomic E-state index is 0.0224. The summed E-state index contributed by atoms with van der Waals surface area (Å²) in [5, 5.41) is 90.9. The number of nitrogens with two attached hydrogens (primary N) is 8. The van der Waals surface area contributed by atoms with E-state index in [1.807, 2.05) is 0 Å². The largest absolute Gasteiger partial charge is 0.508 e. The summed E-state index contributed by atoms with van der Waals surface area (Å²) in [6.07, 6.45) is -5.97. The quantitative estimate of drug-likeness (QED) is 0.0164. The molecule has 0 aliphatic carbocycles. The number of primary amides is 4. The highest BCUT2D eigenvalue weighted by molar-refractivity contribution is 6.02. The van der Waals surface area contributed by atoms with Crippen LogP contribution in [0.3, 0.4) is 0 Å². The highest BCUT2D eigenvalue weighted by Crippen LogP contribution is 2.19. The second-order valence-electron chi connectivity index (χ2n) is 38.0. The Hall–Kier alpha value is -14.2. The molecule has 1 aromatic carbocycles. The molecule has 18 unspecified atom stereocenters. The number of phenolic OH excluding ortho intramolecular Hbond substituents is 1. The molecule has 18 atom stereocenters. The Morgan fingerprint density at radius 1 is 0.317 bits per heavy atom. The maximum atomic E-state index is 15.1. The SMILES string of the molecule is CCC(C)C(NC(=O)C(CC(C)C)NC(=O)C(C)NC(=O)C(NC(=O)C(CCC(=O)O)NC(=O)C(CCCNC(=N)N)NC(=O)C(Cc1ccc(O)cc1)NC(=O)C(CC(C)C)NC(=O)C(CCCCN)NC(=O)C(CC(=O)O)NC(=O)C(CCC(N)=O)NC(=O)C(CCC(N)=O)NC(=O)C(N)CC(C)C)C(C)C)C(=O)NC(CCCNC(=N)N)C(=O)NC(C)C(=O)NC(CCC(N)=O)C(=O)NC(CC(C)C)C(N)=O. The molecule has 39 N–H and O–H groups in total. The van der Waals surface area contributed by atoms with E-state index in [1.165, 1.54) is 52.0 Å². The zero-order valence-electron chi connectivity index (χ0n) is 85.2. The predicted molar refractivity (Wildman–Crippen MR) is 529 cm³/mol. The Morgan fingerprint density at radius 2 is 0.614 bits per heavy atom. The Labute approximate surface area is 843 Å². The molecular formula is C92H158N28O25. The molecule has 0 saturated heterocycles. The summed E-state index contributed by atoms with van der Waals surface area (Å²) in [6, 6.07) is -21.4. The van der Waals surface area contributed by atoms with Gasteiger partial charge in [-0.05, 0) is 170 Å². The minimum atomic E-state index is -2.07. The van der Waals surface area contributed by atoms with Crippen LogP contribution in [0.25, 0.3) is 0 Å². The van der Waals surface area contributed by atoms with Crippen molar-refractivity contribution in [3.8, 4) is 5.75 Å². The number of carboxylic acid groups (broad SMARTS) is 2. The highest BCUT2D eigenvalue weighted by atomic mass is 16.4. The molecule has 0 spiro atoms. The first kappa shape index (κ1) is 129. The molecule has 145 heavy (non-hydrogen) atoms. The number of nitrogens with one attached hydrogen (secondary N) is 20. The van der Waals surface area contributed by atoms with Crippen molar-refractivity contribution in [1.29, 1.82) is 10.8 Å². The van der Waals surface area contributed by atoms with Crippen molar-refractivity contribution in [1.82, 2.24) is 95.7 Å². The van der Waals surface area contributed by atoms with Crippen LogP contribution in [0.1, 0.15) is 237 Å². The van der Waals surface area contributed by atoms with Gasteiger partial charge < -0.3 is 157 Å². The molecule has 1 rings (SSSR count). The van der Waals surface area contributed by atoms with E-state index in [0.29, 0.717) is 0 Å². The number of aromatic hydroxyl groups is 1. The van der Waals surface area contributed by atoms with Gasteiger partial charge in [0.15, 0.2) is 11.9 Å². The number of unbranched alkanes of at least 4 members (excludes halogenated alkanes) is 1. The lowest BCUT2D eigenvalue weighted by molar-refractivity contribution is -0.142. The van der Waals surface area contributed by atoms with Crippen LogP contribution < -0.4 is 142 Å². The fourth-order valence-electron chi connectivity index (χ4n) is 14.6. The van der Waals surface area contributed by atoms with Crippen LogP contribution >= 0.6 is 0 Å². The van der Waals surface area contributed by atoms with Crippen molar-refractivity contribution in [3.05, 3.63) is 29.8 Å². The zero-order chi connectivity index (χ0) is 111. The summed E-state index contributed by atoms with van der Waals surface area (Å²) in [7, 11) is 0. The standard InChI is InChI=1S/C92H158N28O25/c1-15-49(12)73(90(145)113-56(21-18-36-103-91(99)100)78(133)105-50(13)75(130)107-58(27-31-67(95)122)82(137)114-62(74(98)129)39-45(4)5)120-88(143)64(41-47(8)9)115-76(131)51(14)106-89(144)72(48(10)11)119-84(139)61(30-34-70(125)126)112-79(134)57(22-19-37-104-92(101)102)110-86(141)65(42-52-23-25-53(121)26-24-52)117-85(140)63(40-46(6)7)116-80(135)55(20-16-17-35-93)109-87(142)66(43-71(127)128)118-83(138)60(29-33-69(97)124)111-81(136)59(28-32-68(96)123)108-77(132)54(94)38-44(2)3/h23-26,44-51,54-66,72-73,121H,15-22,27-43,93-94H2,1-14H3,(H2,95,122)(H2,96,123)(H2,97,124)(H2,98,129)(H,105,133)(H,106,144)(H,107,130)(H,108,132)(H,109,142)(H,110,141)(H,111,136)(H,112,134)(H,113,145)(H,114,137)(H,115,131)(H,116,135)(H,117,140)(H,118,138)(H,119,139)(H,120,143)(H,125,126)(H,127,128)(H4,99,100,103)(H4,101,102,104). The number of amides is 20. The van der Waals surface area contributed by atoms with Gasteiger partial charge in [0.05, 0.1) is 12.5 Å². The van der Waals surface area contributed by atoms with Crippen LogP contribution in [0.15, 0.2) is 24.3 Å². The lowest BCUT2D eigenvalue weighted by Gasteiger charge is -2.30. The predicted octanol–water partition coefficient (Wildman–Crippen LogP) is -6.78. The van der Waals surface area contributed by atoms with E-state index in [1.54, 1.807) is 69.2 Å². The molecule has 816 valence electrons. The first-order valence-corrected chi connectivity index (χ1v) is 48.5. The fourth-order valence-corrected chi connectivity index (χ4v) is 14.6. The van der Waals surface area contributed by atoms with Crippen molar-refractivity contribution < 1.29 is 121 Å². The van der Waals surface area contributed by atoms with E-state index in [0.717, 1.165) is 0 Å². The Kier molecular flexibility index (Phi) is 59.2. The number of benzene rings is 1. The van der Waals surface area contributed by atoms with Crippen molar-refractivity contribution in [3.63, 3.8) is 0 Å². The number of guanidine groups is 2. The third-order valence-corrected chi connectivity index (χ3v) is 22.7. The lowest BCUT2D eigenvalue weighted by Crippen LogP contribution is -2.61. The summed E-state index contributed by atoms with van der Waals surface area (Å²) in [5.74, 6) is -26.9. The number of aliphatic carboxylic acids is 2. The number of hydrogen-bond acceptors (Lipinski definition) is 27. The Balaban J connectivity index is 3.88. The first-order chi connectivity index (χ1) is 67.7. The number of carboxylic acids is 2. The van der Waals surface area contributed by atoms with E-state index < -0.39 is 314 Å². The lowest BCUT2D eigenvalue weighted by atomic mass is 9.96. The van der Waals surface area contributed by atoms with Crippen molar-refractivity contribution in [2.75, 3.05) is 19.6 Å². The molecule has 20 amide bonds. The first-order valence-electron chi connectivity index (χ1n) is 48.5.